The van der Waals surface area contributed by atoms with Crippen molar-refractivity contribution in [3.8, 4) is 0 Å². The van der Waals surface area contributed by atoms with Gasteiger partial charge >= 0.3 is 0 Å². The van der Waals surface area contributed by atoms with Gasteiger partial charge in [-0.05, 0) is 38.8 Å². The van der Waals surface area contributed by atoms with Gasteiger partial charge in [-0.3, -0.25) is 0 Å². The van der Waals surface area contributed by atoms with E-state index in [1.165, 1.54) is 6.42 Å². The van der Waals surface area contributed by atoms with Crippen LogP contribution in [-0.4, -0.2) is 23.2 Å². The molecule has 1 N–H and O–H groups in total. The molecule has 1 aliphatic rings. The molecule has 0 bridgehead atoms. The Labute approximate surface area is 103 Å². The minimum absolute atomic E-state index is 0.128. The van der Waals surface area contributed by atoms with Gasteiger partial charge in [-0.1, -0.05) is 25.4 Å². The molecular formula is C13H23N3O. The van der Waals surface area contributed by atoms with Crippen LogP contribution >= 0.6 is 0 Å². The van der Waals surface area contributed by atoms with Gasteiger partial charge in [0.15, 0.2) is 5.82 Å². The van der Waals surface area contributed by atoms with E-state index in [-0.39, 0.29) is 5.41 Å². The van der Waals surface area contributed by atoms with Crippen molar-refractivity contribution in [3.05, 3.63) is 11.7 Å². The SMILES string of the molecule is CCCCc1noc(C2(CC)CCNCC2)n1. The fraction of sp³-hybridized carbons (Fsp3) is 0.846. The van der Waals surface area contributed by atoms with Crippen LogP contribution in [0.15, 0.2) is 4.52 Å². The molecule has 1 aromatic heterocycles. The molecule has 1 aliphatic heterocycles. The predicted octanol–water partition coefficient (Wildman–Crippen LogP) is 2.44. The van der Waals surface area contributed by atoms with Gasteiger partial charge in [0.05, 0.1) is 5.41 Å². The Bertz CT molecular complexity index is 342. The quantitative estimate of drug-likeness (QED) is 0.854. The fourth-order valence-corrected chi connectivity index (χ4v) is 2.53. The highest BCUT2D eigenvalue weighted by Crippen LogP contribution is 2.35. The minimum Gasteiger partial charge on any atom is -0.339 e. The Hall–Kier alpha value is -0.900. The molecular weight excluding hydrogens is 214 g/mol. The lowest BCUT2D eigenvalue weighted by Gasteiger charge is -2.33. The fourth-order valence-electron chi connectivity index (χ4n) is 2.53. The van der Waals surface area contributed by atoms with Crippen LogP contribution < -0.4 is 5.32 Å². The number of nitrogens with one attached hydrogen (secondary N) is 1. The van der Waals surface area contributed by atoms with Crippen LogP contribution in [-0.2, 0) is 11.8 Å². The third-order valence-electron chi connectivity index (χ3n) is 3.91. The van der Waals surface area contributed by atoms with Crippen LogP contribution in [0.25, 0.3) is 0 Å². The topological polar surface area (TPSA) is 51.0 Å². The summed E-state index contributed by atoms with van der Waals surface area (Å²) in [5, 5.41) is 7.51. The zero-order valence-corrected chi connectivity index (χ0v) is 11.0. The average Bonchev–Trinajstić information content (AvgIpc) is 2.86. The summed E-state index contributed by atoms with van der Waals surface area (Å²) in [6.07, 6.45) is 6.56. The Kier molecular flexibility index (Phi) is 4.15. The van der Waals surface area contributed by atoms with Crippen LogP contribution in [0.4, 0.5) is 0 Å². The van der Waals surface area contributed by atoms with Crippen molar-refractivity contribution in [1.29, 1.82) is 0 Å². The van der Waals surface area contributed by atoms with Crippen molar-refractivity contribution in [2.24, 2.45) is 0 Å². The molecule has 17 heavy (non-hydrogen) atoms. The summed E-state index contributed by atoms with van der Waals surface area (Å²) in [6, 6.07) is 0. The number of hydrogen-bond acceptors (Lipinski definition) is 4. The first-order chi connectivity index (χ1) is 8.30. The Morgan fingerprint density at radius 1 is 1.29 bits per heavy atom. The number of nitrogens with zero attached hydrogens (tertiary/aromatic N) is 2. The van der Waals surface area contributed by atoms with E-state index in [9.17, 15) is 0 Å². The van der Waals surface area contributed by atoms with Crippen molar-refractivity contribution in [2.75, 3.05) is 13.1 Å². The maximum absolute atomic E-state index is 5.51. The number of rotatable bonds is 5. The van der Waals surface area contributed by atoms with Crippen molar-refractivity contribution in [2.45, 2.75) is 57.8 Å². The highest BCUT2D eigenvalue weighted by molar-refractivity contribution is 5.07. The van der Waals surface area contributed by atoms with Gasteiger partial charge in [-0.15, -0.1) is 0 Å². The van der Waals surface area contributed by atoms with Crippen molar-refractivity contribution in [3.63, 3.8) is 0 Å². The first kappa shape index (κ1) is 12.6. The molecule has 2 heterocycles. The van der Waals surface area contributed by atoms with Crippen molar-refractivity contribution < 1.29 is 4.52 Å². The number of hydrogen-bond donors (Lipinski definition) is 1. The van der Waals surface area contributed by atoms with E-state index in [0.717, 1.165) is 56.9 Å². The first-order valence-electron chi connectivity index (χ1n) is 6.84. The molecule has 1 aromatic rings. The van der Waals surface area contributed by atoms with Crippen molar-refractivity contribution >= 4 is 0 Å². The highest BCUT2D eigenvalue weighted by atomic mass is 16.5. The lowest BCUT2D eigenvalue weighted by atomic mass is 9.76. The highest BCUT2D eigenvalue weighted by Gasteiger charge is 2.37. The first-order valence-corrected chi connectivity index (χ1v) is 6.84. The molecule has 4 heteroatoms. The average molecular weight is 237 g/mol. The normalized spacial score (nSPS) is 19.4. The summed E-state index contributed by atoms with van der Waals surface area (Å²) in [5.74, 6) is 1.75. The molecule has 0 saturated carbocycles. The molecule has 0 spiro atoms. The van der Waals surface area contributed by atoms with E-state index in [1.54, 1.807) is 0 Å². The van der Waals surface area contributed by atoms with Gasteiger partial charge in [0, 0.05) is 6.42 Å². The third kappa shape index (κ3) is 2.68. The summed E-state index contributed by atoms with van der Waals surface area (Å²) in [4.78, 5) is 4.61. The minimum atomic E-state index is 0.128. The molecule has 0 radical (unpaired) electrons. The molecule has 0 aliphatic carbocycles. The summed E-state index contributed by atoms with van der Waals surface area (Å²) in [6.45, 7) is 6.52. The summed E-state index contributed by atoms with van der Waals surface area (Å²) < 4.78 is 5.51. The standard InChI is InChI=1S/C13H23N3O/c1-3-5-6-11-15-12(17-16-11)13(4-2)7-9-14-10-8-13/h14H,3-10H2,1-2H3. The number of unbranched alkanes of at least 4 members (excludes halogenated alkanes) is 1. The Morgan fingerprint density at radius 3 is 2.71 bits per heavy atom. The second-order valence-corrected chi connectivity index (χ2v) is 5.00. The largest absolute Gasteiger partial charge is 0.339 e. The monoisotopic (exact) mass is 237 g/mol. The van der Waals surface area contributed by atoms with E-state index in [4.69, 9.17) is 4.52 Å². The van der Waals surface area contributed by atoms with E-state index in [1.807, 2.05) is 0 Å². The smallest absolute Gasteiger partial charge is 0.232 e. The predicted molar refractivity (Wildman–Crippen MR) is 67.0 cm³/mol. The summed E-state index contributed by atoms with van der Waals surface area (Å²) in [5.41, 5.74) is 0.128. The molecule has 0 unspecified atom stereocenters. The van der Waals surface area contributed by atoms with E-state index >= 15 is 0 Å². The molecule has 0 aromatic carbocycles. The summed E-state index contributed by atoms with van der Waals surface area (Å²) >= 11 is 0. The van der Waals surface area contributed by atoms with Gasteiger partial charge < -0.3 is 9.84 Å². The second-order valence-electron chi connectivity index (χ2n) is 5.00. The van der Waals surface area contributed by atoms with Crippen LogP contribution in [0.1, 0.15) is 57.7 Å². The number of aryl methyl sites for hydroxylation is 1. The van der Waals surface area contributed by atoms with E-state index in [0.29, 0.717) is 0 Å². The number of aromatic nitrogens is 2. The van der Waals surface area contributed by atoms with Crippen molar-refractivity contribution in [1.82, 2.24) is 15.5 Å². The van der Waals surface area contributed by atoms with Crippen LogP contribution in [0.3, 0.4) is 0 Å². The lowest BCUT2D eigenvalue weighted by molar-refractivity contribution is 0.216. The zero-order chi connectivity index (χ0) is 12.1. The lowest BCUT2D eigenvalue weighted by Crippen LogP contribution is -2.39. The Morgan fingerprint density at radius 2 is 2.06 bits per heavy atom. The van der Waals surface area contributed by atoms with Gasteiger partial charge in [-0.2, -0.15) is 4.98 Å². The number of piperidine rings is 1. The molecule has 0 amide bonds. The van der Waals surface area contributed by atoms with Gasteiger partial charge in [0.1, 0.15) is 0 Å². The Balaban J connectivity index is 2.10. The molecule has 4 nitrogen and oxygen atoms in total. The van der Waals surface area contributed by atoms with E-state index < -0.39 is 0 Å². The maximum Gasteiger partial charge on any atom is 0.232 e. The molecule has 1 fully saturated rings. The zero-order valence-electron chi connectivity index (χ0n) is 11.0. The molecule has 0 atom stereocenters. The second kappa shape index (κ2) is 5.63. The molecule has 2 rings (SSSR count). The molecule has 1 saturated heterocycles. The van der Waals surface area contributed by atoms with Crippen LogP contribution in [0, 0.1) is 0 Å². The summed E-state index contributed by atoms with van der Waals surface area (Å²) in [7, 11) is 0. The maximum atomic E-state index is 5.51. The third-order valence-corrected chi connectivity index (χ3v) is 3.91. The van der Waals surface area contributed by atoms with Crippen LogP contribution in [0.5, 0.6) is 0 Å². The van der Waals surface area contributed by atoms with E-state index in [2.05, 4.69) is 29.3 Å². The van der Waals surface area contributed by atoms with Gasteiger partial charge in [0.2, 0.25) is 5.89 Å². The van der Waals surface area contributed by atoms with Gasteiger partial charge in [0.25, 0.3) is 0 Å². The van der Waals surface area contributed by atoms with Gasteiger partial charge in [-0.25, -0.2) is 0 Å². The van der Waals surface area contributed by atoms with Crippen LogP contribution in [0.2, 0.25) is 0 Å². The molecule has 96 valence electrons.